The Balaban J connectivity index is 1.78. The van der Waals surface area contributed by atoms with Crippen molar-refractivity contribution in [1.82, 2.24) is 20.0 Å². The number of amides is 2. The Kier molecular flexibility index (Phi) is 5.62. The third-order valence-corrected chi connectivity index (χ3v) is 4.07. The molecule has 8 heteroatoms. The van der Waals surface area contributed by atoms with Crippen LogP contribution in [0.1, 0.15) is 33.9 Å². The van der Waals surface area contributed by atoms with E-state index in [4.69, 9.17) is 9.47 Å². The second kappa shape index (κ2) is 8.09. The number of nitrogens with one attached hydrogen (secondary N) is 2. The number of fused-ring (bicyclic) bond motifs is 1. The highest BCUT2D eigenvalue weighted by molar-refractivity contribution is 6.02. The first-order chi connectivity index (χ1) is 12.2. The molecule has 134 valence electrons. The first-order valence-corrected chi connectivity index (χ1v) is 8.34. The van der Waals surface area contributed by atoms with Crippen LogP contribution >= 0.6 is 0 Å². The van der Waals surface area contributed by atoms with Crippen molar-refractivity contribution in [3.05, 3.63) is 35.9 Å². The maximum atomic E-state index is 12.5. The third-order valence-electron chi connectivity index (χ3n) is 4.07. The number of ether oxygens (including phenoxy) is 2. The Morgan fingerprint density at radius 1 is 1.36 bits per heavy atom. The first kappa shape index (κ1) is 17.4. The van der Waals surface area contributed by atoms with Gasteiger partial charge < -0.3 is 20.1 Å². The molecule has 0 aromatic carbocycles. The van der Waals surface area contributed by atoms with E-state index >= 15 is 0 Å². The minimum atomic E-state index is -0.351. The highest BCUT2D eigenvalue weighted by Gasteiger charge is 2.22. The fourth-order valence-electron chi connectivity index (χ4n) is 2.81. The molecule has 0 radical (unpaired) electrons. The van der Waals surface area contributed by atoms with Crippen LogP contribution in [0.25, 0.3) is 5.52 Å². The molecule has 1 unspecified atom stereocenters. The standard InChI is InChI=1S/C17H22N4O4/c1-24-10-7-18-17(23)15-20-14(13-6-2-3-8-21(13)15)16(22)19-11-12-5-4-9-25-12/h2-3,6,8,12H,4-5,7,9-11H2,1H3,(H,18,23)(H,19,22). The zero-order chi connectivity index (χ0) is 17.6. The van der Waals surface area contributed by atoms with E-state index in [0.717, 1.165) is 19.4 Å². The van der Waals surface area contributed by atoms with E-state index in [0.29, 0.717) is 25.2 Å². The minimum Gasteiger partial charge on any atom is -0.383 e. The zero-order valence-electron chi connectivity index (χ0n) is 14.2. The number of hydrogen-bond donors (Lipinski definition) is 2. The summed E-state index contributed by atoms with van der Waals surface area (Å²) in [4.78, 5) is 29.1. The predicted molar refractivity (Wildman–Crippen MR) is 90.7 cm³/mol. The summed E-state index contributed by atoms with van der Waals surface area (Å²) in [5.41, 5.74) is 0.819. The average Bonchev–Trinajstić information content (AvgIpc) is 3.27. The van der Waals surface area contributed by atoms with E-state index in [2.05, 4.69) is 15.6 Å². The van der Waals surface area contributed by atoms with Gasteiger partial charge in [-0.2, -0.15) is 0 Å². The largest absolute Gasteiger partial charge is 0.383 e. The molecule has 2 N–H and O–H groups in total. The van der Waals surface area contributed by atoms with Gasteiger partial charge in [0.1, 0.15) is 0 Å². The van der Waals surface area contributed by atoms with Crippen LogP contribution in [0.4, 0.5) is 0 Å². The maximum Gasteiger partial charge on any atom is 0.287 e. The Bertz CT molecular complexity index is 752. The van der Waals surface area contributed by atoms with Gasteiger partial charge in [0.05, 0.1) is 18.2 Å². The van der Waals surface area contributed by atoms with Crippen LogP contribution in [0.2, 0.25) is 0 Å². The number of aromatic nitrogens is 2. The van der Waals surface area contributed by atoms with Crippen LogP contribution in [0.3, 0.4) is 0 Å². The lowest BCUT2D eigenvalue weighted by Crippen LogP contribution is -2.32. The van der Waals surface area contributed by atoms with E-state index in [1.54, 1.807) is 35.9 Å². The molecule has 1 fully saturated rings. The fraction of sp³-hybridized carbons (Fsp3) is 0.471. The van der Waals surface area contributed by atoms with Crippen LogP contribution in [0.15, 0.2) is 24.4 Å². The first-order valence-electron chi connectivity index (χ1n) is 8.34. The van der Waals surface area contributed by atoms with Gasteiger partial charge in [0, 0.05) is 33.0 Å². The monoisotopic (exact) mass is 346 g/mol. The lowest BCUT2D eigenvalue weighted by atomic mass is 10.2. The molecule has 0 spiro atoms. The van der Waals surface area contributed by atoms with E-state index in [9.17, 15) is 9.59 Å². The van der Waals surface area contributed by atoms with Gasteiger partial charge in [-0.1, -0.05) is 6.07 Å². The molecule has 0 aliphatic carbocycles. The summed E-state index contributed by atoms with van der Waals surface area (Å²) < 4.78 is 12.0. The molecule has 3 heterocycles. The van der Waals surface area contributed by atoms with Gasteiger partial charge in [0.15, 0.2) is 5.69 Å². The number of carbonyl (C=O) groups excluding carboxylic acids is 2. The van der Waals surface area contributed by atoms with Crippen molar-refractivity contribution in [2.45, 2.75) is 18.9 Å². The second-order valence-corrected chi connectivity index (χ2v) is 5.83. The zero-order valence-corrected chi connectivity index (χ0v) is 14.2. The fourth-order valence-corrected chi connectivity index (χ4v) is 2.81. The maximum absolute atomic E-state index is 12.5. The van der Waals surface area contributed by atoms with Gasteiger partial charge in [-0.3, -0.25) is 14.0 Å². The lowest BCUT2D eigenvalue weighted by Gasteiger charge is -2.09. The molecule has 8 nitrogen and oxygen atoms in total. The average molecular weight is 346 g/mol. The number of hydrogen-bond acceptors (Lipinski definition) is 5. The lowest BCUT2D eigenvalue weighted by molar-refractivity contribution is 0.0855. The number of rotatable bonds is 7. The molecule has 0 bridgehead atoms. The molecule has 1 aliphatic rings. The summed E-state index contributed by atoms with van der Waals surface area (Å²) in [6, 6.07) is 5.36. The normalized spacial score (nSPS) is 16.9. The van der Waals surface area contributed by atoms with Crippen molar-refractivity contribution in [1.29, 1.82) is 0 Å². The summed E-state index contributed by atoms with van der Waals surface area (Å²) >= 11 is 0. The molecular weight excluding hydrogens is 324 g/mol. The van der Waals surface area contributed by atoms with Gasteiger partial charge in [-0.25, -0.2) is 4.98 Å². The number of nitrogens with zero attached hydrogens (tertiary/aromatic N) is 2. The van der Waals surface area contributed by atoms with Crippen molar-refractivity contribution in [2.24, 2.45) is 0 Å². The predicted octanol–water partition coefficient (Wildman–Crippen LogP) is 0.619. The number of methoxy groups -OCH3 is 1. The summed E-state index contributed by atoms with van der Waals surface area (Å²) in [7, 11) is 1.56. The topological polar surface area (TPSA) is 94.0 Å². The molecule has 1 saturated heterocycles. The van der Waals surface area contributed by atoms with Crippen molar-refractivity contribution >= 4 is 17.3 Å². The Morgan fingerprint density at radius 2 is 2.24 bits per heavy atom. The van der Waals surface area contributed by atoms with Crippen LogP contribution < -0.4 is 10.6 Å². The van der Waals surface area contributed by atoms with Gasteiger partial charge in [0.2, 0.25) is 5.82 Å². The number of carbonyl (C=O) groups is 2. The van der Waals surface area contributed by atoms with Crippen LogP contribution in [0, 0.1) is 0 Å². The van der Waals surface area contributed by atoms with Crippen molar-refractivity contribution in [3.63, 3.8) is 0 Å². The van der Waals surface area contributed by atoms with E-state index in [1.807, 2.05) is 0 Å². The molecule has 2 aromatic rings. The van der Waals surface area contributed by atoms with Crippen molar-refractivity contribution < 1.29 is 19.1 Å². The highest BCUT2D eigenvalue weighted by Crippen LogP contribution is 2.14. The van der Waals surface area contributed by atoms with Gasteiger partial charge in [-0.05, 0) is 25.0 Å². The van der Waals surface area contributed by atoms with Crippen LogP contribution in [0.5, 0.6) is 0 Å². The third kappa shape index (κ3) is 3.97. The number of imidazole rings is 1. The van der Waals surface area contributed by atoms with Crippen LogP contribution in [-0.2, 0) is 9.47 Å². The summed E-state index contributed by atoms with van der Waals surface area (Å²) in [5, 5.41) is 5.57. The van der Waals surface area contributed by atoms with E-state index in [-0.39, 0.29) is 29.4 Å². The molecule has 2 amide bonds. The Morgan fingerprint density at radius 3 is 3.00 bits per heavy atom. The molecule has 3 rings (SSSR count). The summed E-state index contributed by atoms with van der Waals surface area (Å²) in [6.45, 7) is 1.96. The molecule has 1 aliphatic heterocycles. The van der Waals surface area contributed by atoms with Gasteiger partial charge >= 0.3 is 0 Å². The minimum absolute atomic E-state index is 0.0506. The Hall–Kier alpha value is -2.45. The van der Waals surface area contributed by atoms with Crippen molar-refractivity contribution in [2.75, 3.05) is 33.4 Å². The molecular formula is C17H22N4O4. The van der Waals surface area contributed by atoms with Gasteiger partial charge in [-0.15, -0.1) is 0 Å². The molecule has 0 saturated carbocycles. The van der Waals surface area contributed by atoms with E-state index in [1.165, 1.54) is 0 Å². The highest BCUT2D eigenvalue weighted by atomic mass is 16.5. The van der Waals surface area contributed by atoms with Crippen molar-refractivity contribution in [3.8, 4) is 0 Å². The summed E-state index contributed by atoms with van der Waals surface area (Å²) in [6.07, 6.45) is 3.72. The SMILES string of the molecule is COCCNC(=O)c1nc(C(=O)NCC2CCCO2)c2ccccn12. The van der Waals surface area contributed by atoms with E-state index < -0.39 is 0 Å². The Labute approximate surface area is 145 Å². The molecule has 25 heavy (non-hydrogen) atoms. The quantitative estimate of drug-likeness (QED) is 0.717. The number of pyridine rings is 1. The molecule has 2 aromatic heterocycles. The second-order valence-electron chi connectivity index (χ2n) is 5.83. The summed E-state index contributed by atoms with van der Waals surface area (Å²) in [5.74, 6) is -0.486. The van der Waals surface area contributed by atoms with Crippen LogP contribution in [-0.4, -0.2) is 60.7 Å². The smallest absolute Gasteiger partial charge is 0.287 e. The molecule has 1 atom stereocenters. The van der Waals surface area contributed by atoms with Gasteiger partial charge in [0.25, 0.3) is 11.8 Å².